The summed E-state index contributed by atoms with van der Waals surface area (Å²) in [6, 6.07) is 8.33. The summed E-state index contributed by atoms with van der Waals surface area (Å²) in [6.07, 6.45) is 2.83. The molecule has 2 heterocycles. The van der Waals surface area contributed by atoms with E-state index in [4.69, 9.17) is 5.73 Å². The number of hydrogen-bond acceptors (Lipinski definition) is 2. The molecule has 1 fully saturated rings. The number of para-hydroxylation sites is 1. The minimum atomic E-state index is -0.233. The molecular weight excluding hydrogens is 250 g/mol. The maximum absolute atomic E-state index is 12.6. The van der Waals surface area contributed by atoms with Gasteiger partial charge in [0.2, 0.25) is 5.91 Å². The third-order valence-corrected chi connectivity index (χ3v) is 4.87. The molecule has 2 aromatic rings. The summed E-state index contributed by atoms with van der Waals surface area (Å²) >= 11 is 0. The number of nitrogens with zero attached hydrogens (tertiary/aromatic N) is 1. The van der Waals surface area contributed by atoms with Gasteiger partial charge < -0.3 is 15.6 Å². The normalized spacial score (nSPS) is 19.9. The van der Waals surface area contributed by atoms with Crippen molar-refractivity contribution in [3.05, 3.63) is 35.5 Å². The Kier molecular flexibility index (Phi) is 2.45. The van der Waals surface area contributed by atoms with E-state index in [0.717, 1.165) is 32.4 Å². The molecule has 1 aromatic heterocycles. The van der Waals surface area contributed by atoms with Gasteiger partial charge in [0, 0.05) is 48.2 Å². The number of carbonyl (C=O) groups excluding carboxylic acids is 1. The van der Waals surface area contributed by atoms with Crippen LogP contribution in [0.2, 0.25) is 0 Å². The number of carbonyl (C=O) groups is 1. The van der Waals surface area contributed by atoms with Crippen LogP contribution in [0.1, 0.15) is 24.1 Å². The van der Waals surface area contributed by atoms with Gasteiger partial charge in [0.1, 0.15) is 0 Å². The highest BCUT2D eigenvalue weighted by Crippen LogP contribution is 2.46. The number of nitrogens with two attached hydrogens (primary N) is 1. The summed E-state index contributed by atoms with van der Waals surface area (Å²) in [5.74, 6) is 0.260. The Balaban J connectivity index is 1.67. The van der Waals surface area contributed by atoms with E-state index in [1.54, 1.807) is 0 Å². The zero-order valence-corrected chi connectivity index (χ0v) is 11.5. The van der Waals surface area contributed by atoms with Crippen LogP contribution in [0.25, 0.3) is 10.9 Å². The first kappa shape index (κ1) is 12.0. The number of aromatic amines is 1. The van der Waals surface area contributed by atoms with Crippen LogP contribution in [0.4, 0.5) is 0 Å². The van der Waals surface area contributed by atoms with Gasteiger partial charge in [0.15, 0.2) is 0 Å². The monoisotopic (exact) mass is 269 g/mol. The Morgan fingerprint density at radius 3 is 2.90 bits per heavy atom. The average molecular weight is 269 g/mol. The smallest absolute Gasteiger partial charge is 0.230 e. The summed E-state index contributed by atoms with van der Waals surface area (Å²) in [5.41, 5.74) is 9.30. The van der Waals surface area contributed by atoms with Crippen molar-refractivity contribution in [2.24, 2.45) is 11.1 Å². The van der Waals surface area contributed by atoms with Crippen molar-refractivity contribution in [3.63, 3.8) is 0 Å². The fourth-order valence-electron chi connectivity index (χ4n) is 3.33. The summed E-state index contributed by atoms with van der Waals surface area (Å²) in [7, 11) is 0. The topological polar surface area (TPSA) is 62.1 Å². The van der Waals surface area contributed by atoms with E-state index in [1.807, 2.05) is 11.0 Å². The molecule has 20 heavy (non-hydrogen) atoms. The Morgan fingerprint density at radius 1 is 1.35 bits per heavy atom. The molecule has 2 aliphatic rings. The largest absolute Gasteiger partial charge is 0.358 e. The Bertz CT molecular complexity index is 684. The lowest BCUT2D eigenvalue weighted by atomic mass is 10.0. The Morgan fingerprint density at radius 2 is 2.15 bits per heavy atom. The molecule has 0 atom stereocenters. The van der Waals surface area contributed by atoms with E-state index in [-0.39, 0.29) is 11.3 Å². The minimum absolute atomic E-state index is 0.233. The second-order valence-corrected chi connectivity index (χ2v) is 6.09. The van der Waals surface area contributed by atoms with Crippen LogP contribution in [-0.2, 0) is 17.8 Å². The van der Waals surface area contributed by atoms with Crippen LogP contribution in [0.5, 0.6) is 0 Å². The minimum Gasteiger partial charge on any atom is -0.358 e. The number of hydrogen-bond donors (Lipinski definition) is 2. The highest BCUT2D eigenvalue weighted by molar-refractivity contribution is 5.88. The molecule has 0 spiro atoms. The Hall–Kier alpha value is -1.81. The fraction of sp³-hybridized carbons (Fsp3) is 0.438. The number of nitrogens with one attached hydrogen (secondary N) is 1. The number of amides is 1. The van der Waals surface area contributed by atoms with Gasteiger partial charge in [-0.1, -0.05) is 18.2 Å². The molecule has 0 radical (unpaired) electrons. The van der Waals surface area contributed by atoms with E-state index in [0.29, 0.717) is 6.54 Å². The predicted molar refractivity (Wildman–Crippen MR) is 78.1 cm³/mol. The SMILES string of the molecule is NCC1(C(=O)N2CCc3[nH]c4ccccc4c3C2)CC1. The third kappa shape index (κ3) is 1.61. The first-order valence-electron chi connectivity index (χ1n) is 7.31. The quantitative estimate of drug-likeness (QED) is 0.873. The highest BCUT2D eigenvalue weighted by Gasteiger charge is 2.50. The molecular formula is C16H19N3O. The van der Waals surface area contributed by atoms with Crippen LogP contribution in [0.15, 0.2) is 24.3 Å². The van der Waals surface area contributed by atoms with Gasteiger partial charge in [-0.05, 0) is 18.9 Å². The molecule has 4 nitrogen and oxygen atoms in total. The van der Waals surface area contributed by atoms with Gasteiger partial charge >= 0.3 is 0 Å². The molecule has 4 rings (SSSR count). The molecule has 104 valence electrons. The number of fused-ring (bicyclic) bond motifs is 3. The van der Waals surface area contributed by atoms with Crippen LogP contribution >= 0.6 is 0 Å². The van der Waals surface area contributed by atoms with Crippen molar-refractivity contribution in [1.82, 2.24) is 9.88 Å². The highest BCUT2D eigenvalue weighted by atomic mass is 16.2. The zero-order chi connectivity index (χ0) is 13.7. The van der Waals surface area contributed by atoms with Crippen LogP contribution in [0.3, 0.4) is 0 Å². The van der Waals surface area contributed by atoms with Crippen molar-refractivity contribution in [3.8, 4) is 0 Å². The summed E-state index contributed by atoms with van der Waals surface area (Å²) in [6.45, 7) is 2.02. The fourth-order valence-corrected chi connectivity index (χ4v) is 3.33. The predicted octanol–water partition coefficient (Wildman–Crippen LogP) is 1.79. The zero-order valence-electron chi connectivity index (χ0n) is 11.5. The van der Waals surface area contributed by atoms with Crippen molar-refractivity contribution in [1.29, 1.82) is 0 Å². The van der Waals surface area contributed by atoms with Gasteiger partial charge in [0.25, 0.3) is 0 Å². The number of aromatic nitrogens is 1. The van der Waals surface area contributed by atoms with E-state index in [9.17, 15) is 4.79 Å². The molecule has 0 unspecified atom stereocenters. The van der Waals surface area contributed by atoms with Crippen molar-refractivity contribution in [2.75, 3.05) is 13.1 Å². The standard InChI is InChI=1S/C16H19N3O/c17-10-16(6-7-16)15(20)19-8-5-14-12(9-19)11-3-1-2-4-13(11)18-14/h1-4,18H,5-10,17H2. The first-order valence-corrected chi connectivity index (χ1v) is 7.31. The van der Waals surface area contributed by atoms with Gasteiger partial charge in [0.05, 0.1) is 5.41 Å². The molecule has 4 heteroatoms. The van der Waals surface area contributed by atoms with E-state index in [1.165, 1.54) is 22.2 Å². The van der Waals surface area contributed by atoms with Gasteiger partial charge in [-0.25, -0.2) is 0 Å². The van der Waals surface area contributed by atoms with E-state index >= 15 is 0 Å². The lowest BCUT2D eigenvalue weighted by Crippen LogP contribution is -2.43. The van der Waals surface area contributed by atoms with Gasteiger partial charge in [-0.3, -0.25) is 4.79 Å². The summed E-state index contributed by atoms with van der Waals surface area (Å²) < 4.78 is 0. The molecule has 0 saturated heterocycles. The second kappa shape index (κ2) is 4.09. The molecule has 3 N–H and O–H groups in total. The van der Waals surface area contributed by atoms with Crippen molar-refractivity contribution in [2.45, 2.75) is 25.8 Å². The summed E-state index contributed by atoms with van der Waals surface area (Å²) in [4.78, 5) is 18.1. The van der Waals surface area contributed by atoms with Crippen molar-refractivity contribution >= 4 is 16.8 Å². The number of rotatable bonds is 2. The lowest BCUT2D eigenvalue weighted by molar-refractivity contribution is -0.137. The van der Waals surface area contributed by atoms with Crippen molar-refractivity contribution < 1.29 is 4.79 Å². The average Bonchev–Trinajstić information content (AvgIpc) is 3.21. The molecule has 1 aliphatic heterocycles. The van der Waals surface area contributed by atoms with Crippen LogP contribution in [-0.4, -0.2) is 28.9 Å². The van der Waals surface area contributed by atoms with E-state index in [2.05, 4.69) is 23.2 Å². The number of benzene rings is 1. The second-order valence-electron chi connectivity index (χ2n) is 6.09. The van der Waals surface area contributed by atoms with E-state index < -0.39 is 0 Å². The molecule has 0 bridgehead atoms. The molecule has 1 aliphatic carbocycles. The van der Waals surface area contributed by atoms with Crippen LogP contribution < -0.4 is 5.73 Å². The van der Waals surface area contributed by atoms with Crippen LogP contribution in [0, 0.1) is 5.41 Å². The maximum atomic E-state index is 12.6. The number of H-pyrrole nitrogens is 1. The molecule has 1 saturated carbocycles. The first-order chi connectivity index (χ1) is 9.73. The summed E-state index contributed by atoms with van der Waals surface area (Å²) in [5, 5.41) is 1.25. The third-order valence-electron chi connectivity index (χ3n) is 4.87. The lowest BCUT2D eigenvalue weighted by Gasteiger charge is -2.30. The Labute approximate surface area is 117 Å². The van der Waals surface area contributed by atoms with Gasteiger partial charge in [-0.15, -0.1) is 0 Å². The molecule has 1 amide bonds. The molecule has 1 aromatic carbocycles. The van der Waals surface area contributed by atoms with Gasteiger partial charge in [-0.2, -0.15) is 0 Å². The maximum Gasteiger partial charge on any atom is 0.230 e.